The normalized spacial score (nSPS) is 16.9. The van der Waals surface area contributed by atoms with Crippen molar-refractivity contribution in [3.05, 3.63) is 40.3 Å². The number of rotatable bonds is 32. The quantitative estimate of drug-likeness (QED) is 0.0206. The third kappa shape index (κ3) is 18.9. The van der Waals surface area contributed by atoms with Crippen molar-refractivity contribution in [3.8, 4) is 5.75 Å². The summed E-state index contributed by atoms with van der Waals surface area (Å²) < 4.78 is 28.1. The van der Waals surface area contributed by atoms with Gasteiger partial charge in [-0.2, -0.15) is 0 Å². The van der Waals surface area contributed by atoms with Crippen LogP contribution in [0.5, 0.6) is 5.75 Å². The largest absolute Gasteiger partial charge is 0.480 e. The van der Waals surface area contributed by atoms with Crippen LogP contribution in [-0.2, 0) is 65.7 Å². The Labute approximate surface area is 446 Å². The number of aliphatic hydroxyl groups is 3. The van der Waals surface area contributed by atoms with E-state index in [0.29, 0.717) is 25.8 Å². The molecule has 3 rings (SSSR count). The Morgan fingerprint density at radius 2 is 1.66 bits per heavy atom. The summed E-state index contributed by atoms with van der Waals surface area (Å²) in [5.74, 6) is -0.793. The minimum Gasteiger partial charge on any atom is -0.480 e. The Morgan fingerprint density at radius 1 is 0.961 bits per heavy atom. The van der Waals surface area contributed by atoms with Gasteiger partial charge in [-0.15, -0.1) is 11.3 Å². The second-order valence-electron chi connectivity index (χ2n) is 18.7. The lowest BCUT2D eigenvalue weighted by molar-refractivity contribution is -0.188. The van der Waals surface area contributed by atoms with Gasteiger partial charge >= 0.3 is 12.1 Å². The molecule has 2 aromatic rings. The molecule has 0 bridgehead atoms. The summed E-state index contributed by atoms with van der Waals surface area (Å²) >= 11 is 1.43. The molecule has 1 unspecified atom stereocenters. The molecule has 1 aliphatic heterocycles. The fourth-order valence-corrected chi connectivity index (χ4v) is 9.37. The molecule has 1 fully saturated rings. The molecule has 1 aromatic heterocycles. The van der Waals surface area contributed by atoms with E-state index in [-0.39, 0.29) is 66.6 Å². The minimum atomic E-state index is -1.97. The highest BCUT2D eigenvalue weighted by Gasteiger charge is 2.42. The smallest absolute Gasteiger partial charge is 0.410 e. The first kappa shape index (κ1) is 64.2. The van der Waals surface area contributed by atoms with Crippen molar-refractivity contribution in [2.24, 2.45) is 23.6 Å². The average Bonchev–Trinajstić information content (AvgIpc) is 4.12. The van der Waals surface area contributed by atoms with Crippen LogP contribution in [0.1, 0.15) is 83.7 Å². The fourth-order valence-electron chi connectivity index (χ4n) is 8.82. The number of hydrogen-bond acceptors (Lipinski definition) is 19. The number of carbonyl (C=O) groups excluding carboxylic acids is 7. The van der Waals surface area contributed by atoms with Crippen molar-refractivity contribution in [1.29, 1.82) is 0 Å². The van der Waals surface area contributed by atoms with Gasteiger partial charge in [0.1, 0.15) is 42.2 Å². The zero-order valence-corrected chi connectivity index (χ0v) is 45.4. The number of nitrogens with one attached hydrogen (secondary N) is 4. The summed E-state index contributed by atoms with van der Waals surface area (Å²) in [6.45, 7) is 6.90. The molecule has 10 N–H and O–H groups in total. The first-order valence-corrected chi connectivity index (χ1v) is 25.7. The lowest BCUT2D eigenvalue weighted by Gasteiger charge is -2.39. The maximum atomic E-state index is 14.2. The topological polar surface area (TPSA) is 360 Å². The highest BCUT2D eigenvalue weighted by molar-refractivity contribution is 7.09. The van der Waals surface area contributed by atoms with Gasteiger partial charge in [-0.05, 0) is 42.4 Å². The first-order valence-electron chi connectivity index (χ1n) is 24.9. The molecule has 7 amide bonds. The van der Waals surface area contributed by atoms with Gasteiger partial charge < -0.3 is 69.9 Å². The molecule has 0 aliphatic carbocycles. The highest BCUT2D eigenvalue weighted by atomic mass is 32.1. The average molecular weight is 1100 g/mol. The first-order chi connectivity index (χ1) is 36.0. The van der Waals surface area contributed by atoms with E-state index >= 15 is 0 Å². The Morgan fingerprint density at radius 3 is 2.25 bits per heavy atom. The Hall–Kier alpha value is -6.07. The number of nitrogens with two attached hydrogens (primary N) is 1. The van der Waals surface area contributed by atoms with Crippen molar-refractivity contribution < 1.29 is 82.5 Å². The number of likely N-dealkylation sites (tertiary alicyclic amines) is 1. The number of hydrazine groups is 1. The molecule has 0 radical (unpaired) electrons. The molecule has 2 heterocycles. The molecule has 76 heavy (non-hydrogen) atoms. The van der Waals surface area contributed by atoms with Gasteiger partial charge in [0, 0.05) is 59.3 Å². The molecular formula is C49H77N9O17S. The molecule has 1 aliphatic rings. The van der Waals surface area contributed by atoms with E-state index in [4.69, 9.17) is 34.6 Å². The number of aliphatic hydroxyl groups excluding tert-OH is 3. The number of hydrogen-bond donors (Lipinski definition) is 9. The number of ether oxygens (including phenoxy) is 5. The van der Waals surface area contributed by atoms with Crippen LogP contribution < -0.4 is 32.0 Å². The molecule has 1 saturated heterocycles. The summed E-state index contributed by atoms with van der Waals surface area (Å²) in [4.78, 5) is 113. The van der Waals surface area contributed by atoms with Gasteiger partial charge in [0.05, 0.1) is 62.0 Å². The van der Waals surface area contributed by atoms with Gasteiger partial charge in [0.25, 0.3) is 0 Å². The summed E-state index contributed by atoms with van der Waals surface area (Å²) in [6.07, 6.45) is -5.14. The maximum absolute atomic E-state index is 14.2. The Bertz CT molecular complexity index is 2230. The van der Waals surface area contributed by atoms with Crippen LogP contribution in [0.3, 0.4) is 0 Å². The zero-order chi connectivity index (χ0) is 56.8. The second kappa shape index (κ2) is 31.9. The van der Waals surface area contributed by atoms with Crippen molar-refractivity contribution >= 4 is 64.5 Å². The Kier molecular flexibility index (Phi) is 26.9. The maximum Gasteiger partial charge on any atom is 0.410 e. The molecule has 426 valence electrons. The van der Waals surface area contributed by atoms with E-state index < -0.39 is 117 Å². The standard InChI is InChI=1S/C49H77N9O17S/c1-10-28(4)43(35(71-8)21-39(63)58-18-11-12-32(58)45(72-9)29(5)46(68)52-22-38-51-17-19-76-38)56(6)40(64)23-53-47(69)42(27(2)3)57(7)49(70)74-25-30-13-14-34(31(20-30)54-36(61)15-16-37(62)55-50)75-48(73-26-41(65)66)44(67)33(60)24-59/h13-14,17,19-20,27-29,32-33,35,42-45,48,59-60,67H,10-12,15-16,18,21-26,50H2,1-9H3,(H,52,68)(H,53,69)(H,54,61)(H,55,62)(H,65,66)/t28?,29-,32+,33+,35-,42+,43+,44+,45-,48+/m1/s1. The molecule has 1 aromatic carbocycles. The minimum absolute atomic E-state index is 0.0802. The van der Waals surface area contributed by atoms with Crippen molar-refractivity contribution in [2.75, 3.05) is 59.9 Å². The van der Waals surface area contributed by atoms with Crippen LogP contribution in [0, 0.1) is 17.8 Å². The zero-order valence-electron chi connectivity index (χ0n) is 44.6. The van der Waals surface area contributed by atoms with Gasteiger partial charge in [-0.3, -0.25) is 39.1 Å². The number of likely N-dealkylation sites (N-methyl/N-ethyl adjacent to an activating group) is 2. The monoisotopic (exact) mass is 1100 g/mol. The van der Waals surface area contributed by atoms with Crippen LogP contribution in [0.15, 0.2) is 29.8 Å². The third-order valence-corrected chi connectivity index (χ3v) is 13.9. The van der Waals surface area contributed by atoms with Crippen LogP contribution in [0.4, 0.5) is 10.5 Å². The number of amides is 7. The predicted octanol–water partition coefficient (Wildman–Crippen LogP) is 0.318. The van der Waals surface area contributed by atoms with Gasteiger partial charge in [-0.1, -0.05) is 47.1 Å². The number of anilines is 1. The molecule has 0 spiro atoms. The van der Waals surface area contributed by atoms with Crippen LogP contribution in [-0.4, -0.2) is 191 Å². The number of benzene rings is 1. The Balaban J connectivity index is 1.72. The fraction of sp³-hybridized carbons (Fsp3) is 0.653. The van der Waals surface area contributed by atoms with E-state index in [0.717, 1.165) is 9.91 Å². The van der Waals surface area contributed by atoms with Crippen LogP contribution in [0.2, 0.25) is 0 Å². The third-order valence-electron chi connectivity index (χ3n) is 13.1. The van der Waals surface area contributed by atoms with E-state index in [1.807, 2.05) is 24.7 Å². The van der Waals surface area contributed by atoms with Gasteiger partial charge in [0.2, 0.25) is 41.7 Å². The molecule has 10 atom stereocenters. The van der Waals surface area contributed by atoms with Gasteiger partial charge in [-0.25, -0.2) is 20.4 Å². The van der Waals surface area contributed by atoms with Crippen molar-refractivity contribution in [3.63, 3.8) is 0 Å². The predicted molar refractivity (Wildman–Crippen MR) is 273 cm³/mol. The number of carbonyl (C=O) groups is 8. The molecular weight excluding hydrogens is 1020 g/mol. The summed E-state index contributed by atoms with van der Waals surface area (Å²) in [5.41, 5.74) is 2.01. The highest BCUT2D eigenvalue weighted by Crippen LogP contribution is 2.31. The summed E-state index contributed by atoms with van der Waals surface area (Å²) in [7, 11) is 5.90. The SMILES string of the molecule is CCC(C)[C@@H]([C@@H](CC(=O)N1CCC[C@H]1[C@H](OC)[C@@H](C)C(=O)NCc1nccs1)OC)N(C)C(=O)CNC(=O)[C@H](C(C)C)N(C)C(=O)OCc1ccc(O[C@H](OCC(=O)O)[C@@H](O)[C@@H](O)CO)c(NC(=O)CCC(=O)NN)c1. The number of carboxylic acids is 1. The van der Waals surface area contributed by atoms with Crippen molar-refractivity contribution in [1.82, 2.24) is 35.7 Å². The number of thiazole rings is 1. The van der Waals surface area contributed by atoms with E-state index in [9.17, 15) is 53.7 Å². The lowest BCUT2D eigenvalue weighted by atomic mass is 9.90. The second-order valence-corrected chi connectivity index (χ2v) is 19.7. The number of aliphatic carboxylic acids is 1. The number of carboxylic acid groups (broad SMARTS) is 1. The molecule has 27 heteroatoms. The van der Waals surface area contributed by atoms with E-state index in [1.54, 1.807) is 38.9 Å². The molecule has 26 nitrogen and oxygen atoms in total. The number of nitrogens with zero attached hydrogens (tertiary/aromatic N) is 4. The number of methoxy groups -OCH3 is 2. The lowest BCUT2D eigenvalue weighted by Crippen LogP contribution is -2.55. The van der Waals surface area contributed by atoms with Crippen LogP contribution >= 0.6 is 11.3 Å². The number of aromatic nitrogens is 1. The summed E-state index contributed by atoms with van der Waals surface area (Å²) in [6, 6.07) is 1.79. The van der Waals surface area contributed by atoms with Crippen LogP contribution in [0.25, 0.3) is 0 Å². The van der Waals surface area contributed by atoms with E-state index in [1.165, 1.54) is 55.7 Å². The van der Waals surface area contributed by atoms with Gasteiger partial charge in [0.15, 0.2) is 0 Å². The van der Waals surface area contributed by atoms with Crippen molar-refractivity contribution in [2.45, 2.75) is 135 Å². The summed E-state index contributed by atoms with van der Waals surface area (Å²) in [5, 5.41) is 49.8. The molecule has 0 saturated carbocycles. The van der Waals surface area contributed by atoms with E-state index in [2.05, 4.69) is 20.9 Å².